The molecule has 0 N–H and O–H groups in total. The molecule has 0 amide bonds. The zero-order valence-corrected chi connectivity index (χ0v) is 16.3. The standard InChI is InChI=1S/C21H18F3N5O/c1-3-14-12-25-29(20(14)21(22,23)24)17-9-7-16(8-10-17)28-13-19(26-27-28)15-5-4-6-18(11-15)30-2/h4-13H,3H2,1-2H3. The van der Waals surface area contributed by atoms with Crippen LogP contribution in [0.15, 0.2) is 60.9 Å². The maximum Gasteiger partial charge on any atom is 0.433 e. The molecule has 4 aromatic rings. The van der Waals surface area contributed by atoms with Gasteiger partial charge < -0.3 is 4.74 Å². The molecule has 6 nitrogen and oxygen atoms in total. The van der Waals surface area contributed by atoms with Gasteiger partial charge in [0.15, 0.2) is 5.69 Å². The summed E-state index contributed by atoms with van der Waals surface area (Å²) in [6, 6.07) is 13.9. The molecule has 0 aliphatic carbocycles. The first-order valence-electron chi connectivity index (χ1n) is 9.22. The van der Waals surface area contributed by atoms with E-state index >= 15 is 0 Å². The van der Waals surface area contributed by atoms with Gasteiger partial charge in [0.1, 0.15) is 11.4 Å². The first kappa shape index (κ1) is 19.7. The summed E-state index contributed by atoms with van der Waals surface area (Å²) in [5.41, 5.74) is 1.88. The third kappa shape index (κ3) is 3.66. The van der Waals surface area contributed by atoms with Crippen molar-refractivity contribution >= 4 is 0 Å². The van der Waals surface area contributed by atoms with Gasteiger partial charge in [-0.15, -0.1) is 5.10 Å². The van der Waals surface area contributed by atoms with Crippen LogP contribution in [0.3, 0.4) is 0 Å². The number of hydrogen-bond donors (Lipinski definition) is 0. The number of rotatable bonds is 5. The molecule has 2 aromatic heterocycles. The average molecular weight is 413 g/mol. The van der Waals surface area contributed by atoms with E-state index in [0.717, 1.165) is 10.2 Å². The Morgan fingerprint density at radius 3 is 2.43 bits per heavy atom. The van der Waals surface area contributed by atoms with Crippen LogP contribution in [-0.4, -0.2) is 31.9 Å². The van der Waals surface area contributed by atoms with Gasteiger partial charge in [0.05, 0.1) is 30.9 Å². The summed E-state index contributed by atoms with van der Waals surface area (Å²) in [6.07, 6.45) is -1.24. The SMILES string of the molecule is CCc1cnn(-c2ccc(-n3cc(-c4cccc(OC)c4)nn3)cc2)c1C(F)(F)F. The van der Waals surface area contributed by atoms with Gasteiger partial charge >= 0.3 is 6.18 Å². The Morgan fingerprint density at radius 2 is 1.77 bits per heavy atom. The minimum absolute atomic E-state index is 0.158. The lowest BCUT2D eigenvalue weighted by atomic mass is 10.1. The minimum Gasteiger partial charge on any atom is -0.497 e. The van der Waals surface area contributed by atoms with Crippen molar-refractivity contribution in [3.8, 4) is 28.4 Å². The summed E-state index contributed by atoms with van der Waals surface area (Å²) in [4.78, 5) is 0. The number of halogens is 3. The van der Waals surface area contributed by atoms with Gasteiger partial charge in [-0.3, -0.25) is 0 Å². The normalized spacial score (nSPS) is 11.6. The lowest BCUT2D eigenvalue weighted by Crippen LogP contribution is -2.15. The van der Waals surface area contributed by atoms with Gasteiger partial charge in [-0.05, 0) is 42.8 Å². The predicted octanol–water partition coefficient (Wildman–Crippen LogP) is 4.71. The van der Waals surface area contributed by atoms with Gasteiger partial charge in [-0.25, -0.2) is 9.36 Å². The molecule has 30 heavy (non-hydrogen) atoms. The highest BCUT2D eigenvalue weighted by molar-refractivity contribution is 5.60. The number of nitrogens with zero attached hydrogens (tertiary/aromatic N) is 5. The van der Waals surface area contributed by atoms with E-state index in [4.69, 9.17) is 4.74 Å². The van der Waals surface area contributed by atoms with E-state index < -0.39 is 11.9 Å². The molecule has 0 fully saturated rings. The first-order chi connectivity index (χ1) is 14.4. The molecular weight excluding hydrogens is 395 g/mol. The van der Waals surface area contributed by atoms with Crippen LogP contribution in [0.1, 0.15) is 18.2 Å². The number of benzene rings is 2. The third-order valence-corrected chi connectivity index (χ3v) is 4.71. The number of ether oxygens (including phenoxy) is 1. The number of aromatic nitrogens is 5. The fraction of sp³-hybridized carbons (Fsp3) is 0.190. The maximum absolute atomic E-state index is 13.5. The Labute approximate surface area is 170 Å². The van der Waals surface area contributed by atoms with Crippen molar-refractivity contribution in [2.75, 3.05) is 7.11 Å². The first-order valence-corrected chi connectivity index (χ1v) is 9.22. The molecule has 0 bridgehead atoms. The Hall–Kier alpha value is -3.62. The van der Waals surface area contributed by atoms with E-state index in [1.165, 1.54) is 6.20 Å². The van der Waals surface area contributed by atoms with E-state index in [2.05, 4.69) is 15.4 Å². The van der Waals surface area contributed by atoms with Crippen LogP contribution in [0.4, 0.5) is 13.2 Å². The zero-order chi connectivity index (χ0) is 21.3. The quantitative estimate of drug-likeness (QED) is 0.476. The van der Waals surface area contributed by atoms with Gasteiger partial charge in [-0.1, -0.05) is 24.3 Å². The monoisotopic (exact) mass is 413 g/mol. The second-order valence-corrected chi connectivity index (χ2v) is 6.58. The van der Waals surface area contributed by atoms with Crippen molar-refractivity contribution in [2.24, 2.45) is 0 Å². The molecule has 0 saturated carbocycles. The number of hydrogen-bond acceptors (Lipinski definition) is 4. The lowest BCUT2D eigenvalue weighted by Gasteiger charge is -2.12. The topological polar surface area (TPSA) is 57.8 Å². The van der Waals surface area contributed by atoms with E-state index in [9.17, 15) is 13.2 Å². The Morgan fingerprint density at radius 1 is 1.03 bits per heavy atom. The van der Waals surface area contributed by atoms with Crippen LogP contribution in [0.5, 0.6) is 5.75 Å². The van der Waals surface area contributed by atoms with Crippen LogP contribution in [0.25, 0.3) is 22.6 Å². The second kappa shape index (κ2) is 7.66. The smallest absolute Gasteiger partial charge is 0.433 e. The van der Waals surface area contributed by atoms with E-state index in [1.54, 1.807) is 49.2 Å². The molecule has 0 aliphatic heterocycles. The molecular formula is C21H18F3N5O. The molecule has 0 atom stereocenters. The summed E-state index contributed by atoms with van der Waals surface area (Å²) in [5.74, 6) is 0.706. The third-order valence-electron chi connectivity index (χ3n) is 4.71. The molecule has 9 heteroatoms. The lowest BCUT2D eigenvalue weighted by molar-refractivity contribution is -0.143. The zero-order valence-electron chi connectivity index (χ0n) is 16.3. The highest BCUT2D eigenvalue weighted by Gasteiger charge is 2.38. The van der Waals surface area contributed by atoms with Crippen molar-refractivity contribution in [1.29, 1.82) is 0 Å². The number of methoxy groups -OCH3 is 1. The number of alkyl halides is 3. The molecule has 0 aliphatic rings. The van der Waals surface area contributed by atoms with E-state index in [1.807, 2.05) is 24.3 Å². The van der Waals surface area contributed by atoms with Crippen LogP contribution < -0.4 is 4.74 Å². The van der Waals surface area contributed by atoms with Gasteiger partial charge in [0.25, 0.3) is 0 Å². The summed E-state index contributed by atoms with van der Waals surface area (Å²) >= 11 is 0. The Balaban J connectivity index is 1.64. The second-order valence-electron chi connectivity index (χ2n) is 6.58. The van der Waals surface area contributed by atoms with Crippen LogP contribution in [0, 0.1) is 0 Å². The van der Waals surface area contributed by atoms with Crippen LogP contribution in [-0.2, 0) is 12.6 Å². The highest BCUT2D eigenvalue weighted by Crippen LogP contribution is 2.34. The predicted molar refractivity (Wildman–Crippen MR) is 105 cm³/mol. The number of aryl methyl sites for hydroxylation is 1. The summed E-state index contributed by atoms with van der Waals surface area (Å²) in [5, 5.41) is 12.2. The van der Waals surface area contributed by atoms with Crippen molar-refractivity contribution in [3.63, 3.8) is 0 Å². The highest BCUT2D eigenvalue weighted by atomic mass is 19.4. The molecule has 2 aromatic carbocycles. The molecule has 0 spiro atoms. The van der Waals surface area contributed by atoms with Crippen molar-refractivity contribution in [3.05, 3.63) is 72.2 Å². The molecule has 2 heterocycles. The largest absolute Gasteiger partial charge is 0.497 e. The van der Waals surface area contributed by atoms with Gasteiger partial charge in [0, 0.05) is 11.1 Å². The molecule has 4 rings (SSSR count). The fourth-order valence-corrected chi connectivity index (χ4v) is 3.19. The van der Waals surface area contributed by atoms with Gasteiger partial charge in [-0.2, -0.15) is 18.3 Å². The molecule has 0 unspecified atom stereocenters. The maximum atomic E-state index is 13.5. The fourth-order valence-electron chi connectivity index (χ4n) is 3.19. The summed E-state index contributed by atoms with van der Waals surface area (Å²) in [6.45, 7) is 1.67. The van der Waals surface area contributed by atoms with Crippen LogP contribution >= 0.6 is 0 Å². The Kier molecular flexibility index (Phi) is 5.03. The molecule has 154 valence electrons. The molecule has 0 radical (unpaired) electrons. The van der Waals surface area contributed by atoms with Crippen LogP contribution in [0.2, 0.25) is 0 Å². The van der Waals surface area contributed by atoms with Crippen molar-refractivity contribution in [2.45, 2.75) is 19.5 Å². The summed E-state index contributed by atoms with van der Waals surface area (Å²) < 4.78 is 48.2. The minimum atomic E-state index is -4.49. The van der Waals surface area contributed by atoms with Crippen molar-refractivity contribution in [1.82, 2.24) is 24.8 Å². The summed E-state index contributed by atoms with van der Waals surface area (Å²) in [7, 11) is 1.59. The van der Waals surface area contributed by atoms with Gasteiger partial charge in [0.2, 0.25) is 0 Å². The Bertz CT molecular complexity index is 1160. The molecule has 0 saturated heterocycles. The van der Waals surface area contributed by atoms with Crippen molar-refractivity contribution < 1.29 is 17.9 Å². The van der Waals surface area contributed by atoms with E-state index in [-0.39, 0.29) is 12.0 Å². The average Bonchev–Trinajstić information content (AvgIpc) is 3.41. The van der Waals surface area contributed by atoms with E-state index in [0.29, 0.717) is 22.8 Å².